The summed E-state index contributed by atoms with van der Waals surface area (Å²) in [4.78, 5) is 24.5. The second-order valence-corrected chi connectivity index (χ2v) is 7.44. The maximum atomic E-state index is 14.5. The molecule has 0 fully saturated rings. The molecular weight excluding hydrogens is 407 g/mol. The van der Waals surface area contributed by atoms with Crippen LogP contribution in [0.15, 0.2) is 84.3 Å². The van der Waals surface area contributed by atoms with Crippen molar-refractivity contribution < 1.29 is 13.9 Å². The van der Waals surface area contributed by atoms with Crippen molar-refractivity contribution in [2.75, 3.05) is 5.32 Å². The van der Waals surface area contributed by atoms with E-state index in [9.17, 15) is 14.0 Å². The van der Waals surface area contributed by atoms with Gasteiger partial charge in [-0.3, -0.25) is 9.59 Å². The van der Waals surface area contributed by atoms with Gasteiger partial charge < -0.3 is 14.6 Å². The lowest BCUT2D eigenvalue weighted by atomic mass is 9.99. The Balaban J connectivity index is 1.94. The molecule has 1 aromatic heterocycles. The number of nitrogens with zero attached hydrogens (tertiary/aromatic N) is 1. The van der Waals surface area contributed by atoms with E-state index in [1.807, 2.05) is 12.1 Å². The van der Waals surface area contributed by atoms with Gasteiger partial charge in [-0.2, -0.15) is 0 Å². The minimum absolute atomic E-state index is 0.0776. The fraction of sp³-hybridized carbons (Fsp3) is 0.0769. The highest BCUT2D eigenvalue weighted by molar-refractivity contribution is 6.01. The lowest BCUT2D eigenvalue weighted by molar-refractivity contribution is -0.111. The molecule has 0 atom stereocenters. The van der Waals surface area contributed by atoms with Gasteiger partial charge in [-0.1, -0.05) is 30.8 Å². The molecule has 0 saturated carbocycles. The molecule has 4 rings (SSSR count). The van der Waals surface area contributed by atoms with Crippen LogP contribution in [0.4, 0.5) is 10.1 Å². The number of carbonyl (C=O) groups is 1. The molecule has 0 radical (unpaired) electrons. The number of hydrogen-bond donors (Lipinski definition) is 1. The minimum atomic E-state index is -0.481. The van der Waals surface area contributed by atoms with Gasteiger partial charge in [-0.15, -0.1) is 0 Å². The summed E-state index contributed by atoms with van der Waals surface area (Å²) in [5, 5.41) is 3.99. The van der Waals surface area contributed by atoms with Crippen LogP contribution in [0.5, 0.6) is 11.5 Å². The van der Waals surface area contributed by atoms with Gasteiger partial charge in [0.15, 0.2) is 11.6 Å². The number of hydrogen-bond acceptors (Lipinski definition) is 3. The average Bonchev–Trinajstić information content (AvgIpc) is 2.79. The number of anilines is 1. The number of halogens is 1. The first-order valence-electron chi connectivity index (χ1n) is 9.97. The van der Waals surface area contributed by atoms with Crippen molar-refractivity contribution >= 4 is 22.4 Å². The van der Waals surface area contributed by atoms with Crippen molar-refractivity contribution in [2.24, 2.45) is 7.05 Å². The quantitative estimate of drug-likeness (QED) is 0.423. The van der Waals surface area contributed by atoms with Crippen molar-refractivity contribution in [1.82, 2.24) is 4.57 Å². The number of rotatable bonds is 5. The van der Waals surface area contributed by atoms with Gasteiger partial charge in [0.1, 0.15) is 5.75 Å². The maximum Gasteiger partial charge on any atom is 0.258 e. The van der Waals surface area contributed by atoms with Crippen LogP contribution in [-0.4, -0.2) is 10.5 Å². The third-order valence-electron chi connectivity index (χ3n) is 5.12. The molecule has 160 valence electrons. The third kappa shape index (κ3) is 4.03. The summed E-state index contributed by atoms with van der Waals surface area (Å²) in [6, 6.07) is 17.0. The van der Waals surface area contributed by atoms with E-state index in [0.29, 0.717) is 28.0 Å². The van der Waals surface area contributed by atoms with E-state index < -0.39 is 5.82 Å². The largest absolute Gasteiger partial charge is 0.454 e. The normalized spacial score (nSPS) is 10.7. The Morgan fingerprint density at radius 1 is 1.03 bits per heavy atom. The van der Waals surface area contributed by atoms with Crippen LogP contribution >= 0.6 is 0 Å². The van der Waals surface area contributed by atoms with E-state index in [1.54, 1.807) is 62.6 Å². The van der Waals surface area contributed by atoms with E-state index >= 15 is 0 Å². The summed E-state index contributed by atoms with van der Waals surface area (Å²) in [6.45, 7) is 5.27. The number of nitrogens with one attached hydrogen (secondary N) is 1. The SMILES string of the molecule is C=CC(=O)Nc1ccc(Oc2ccc(C)cc2F)c(-c2cn(C)c(=O)c3ccccc23)c1. The first-order valence-corrected chi connectivity index (χ1v) is 9.97. The smallest absolute Gasteiger partial charge is 0.258 e. The van der Waals surface area contributed by atoms with E-state index in [1.165, 1.54) is 16.7 Å². The van der Waals surface area contributed by atoms with Crippen LogP contribution in [0.25, 0.3) is 21.9 Å². The number of ether oxygens (including phenoxy) is 1. The minimum Gasteiger partial charge on any atom is -0.454 e. The number of benzene rings is 3. The summed E-state index contributed by atoms with van der Waals surface area (Å²) in [7, 11) is 1.67. The number of carbonyl (C=O) groups excluding carboxylic acids is 1. The average molecular weight is 428 g/mol. The Kier molecular flexibility index (Phi) is 5.60. The van der Waals surface area contributed by atoms with Crippen molar-refractivity contribution in [3.05, 3.63) is 101 Å². The molecule has 1 heterocycles. The summed E-state index contributed by atoms with van der Waals surface area (Å²) in [5.41, 5.74) is 2.47. The van der Waals surface area contributed by atoms with Crippen molar-refractivity contribution in [1.29, 1.82) is 0 Å². The van der Waals surface area contributed by atoms with Gasteiger partial charge in [0, 0.05) is 35.4 Å². The molecule has 0 aliphatic heterocycles. The molecule has 1 amide bonds. The predicted octanol–water partition coefficient (Wildman–Crippen LogP) is 5.57. The summed E-state index contributed by atoms with van der Waals surface area (Å²) in [6.07, 6.45) is 2.88. The highest BCUT2D eigenvalue weighted by Crippen LogP contribution is 2.39. The second-order valence-electron chi connectivity index (χ2n) is 7.44. The molecule has 0 aliphatic carbocycles. The summed E-state index contributed by atoms with van der Waals surface area (Å²) < 4.78 is 21.9. The second kappa shape index (κ2) is 8.51. The van der Waals surface area contributed by atoms with Gasteiger partial charge in [-0.25, -0.2) is 4.39 Å². The number of amides is 1. The zero-order valence-electron chi connectivity index (χ0n) is 17.7. The van der Waals surface area contributed by atoms with Gasteiger partial charge in [-0.05, 0) is 60.3 Å². The van der Waals surface area contributed by atoms with Crippen molar-refractivity contribution in [3.8, 4) is 22.6 Å². The molecule has 0 unspecified atom stereocenters. The van der Waals surface area contributed by atoms with Crippen LogP contribution in [0.2, 0.25) is 0 Å². The van der Waals surface area contributed by atoms with E-state index in [2.05, 4.69) is 11.9 Å². The molecule has 0 bridgehead atoms. The standard InChI is InChI=1S/C26H21FN2O3/c1-4-25(30)28-17-10-12-23(32-24-11-9-16(2)13-22(24)27)20(14-17)21-15-29(3)26(31)19-8-6-5-7-18(19)21/h4-15H,1H2,2-3H3,(H,28,30). The molecule has 0 aliphatic rings. The molecule has 3 aromatic carbocycles. The van der Waals surface area contributed by atoms with Crippen LogP contribution < -0.4 is 15.6 Å². The third-order valence-corrected chi connectivity index (χ3v) is 5.12. The van der Waals surface area contributed by atoms with E-state index in [-0.39, 0.29) is 17.2 Å². The van der Waals surface area contributed by atoms with E-state index in [4.69, 9.17) is 4.74 Å². The van der Waals surface area contributed by atoms with Crippen molar-refractivity contribution in [3.63, 3.8) is 0 Å². The first kappa shape index (κ1) is 21.1. The fourth-order valence-electron chi connectivity index (χ4n) is 3.54. The Hall–Kier alpha value is -4.19. The summed E-state index contributed by atoms with van der Waals surface area (Å²) >= 11 is 0. The zero-order valence-corrected chi connectivity index (χ0v) is 17.7. The van der Waals surface area contributed by atoms with Gasteiger partial charge in [0.05, 0.1) is 0 Å². The molecule has 6 heteroatoms. The van der Waals surface area contributed by atoms with Crippen LogP contribution in [-0.2, 0) is 11.8 Å². The van der Waals surface area contributed by atoms with Crippen molar-refractivity contribution in [2.45, 2.75) is 6.92 Å². The van der Waals surface area contributed by atoms with Crippen LogP contribution in [0, 0.1) is 12.7 Å². The maximum absolute atomic E-state index is 14.5. The molecule has 0 spiro atoms. The Bertz CT molecular complexity index is 1420. The highest BCUT2D eigenvalue weighted by atomic mass is 19.1. The Morgan fingerprint density at radius 3 is 2.47 bits per heavy atom. The van der Waals surface area contributed by atoms with Crippen LogP contribution in [0.3, 0.4) is 0 Å². The molecule has 1 N–H and O–H groups in total. The number of aryl methyl sites for hydroxylation is 2. The molecule has 5 nitrogen and oxygen atoms in total. The Morgan fingerprint density at radius 2 is 1.75 bits per heavy atom. The summed E-state index contributed by atoms with van der Waals surface area (Å²) in [5.74, 6) is -0.383. The predicted molar refractivity (Wildman–Crippen MR) is 125 cm³/mol. The van der Waals surface area contributed by atoms with Gasteiger partial charge in [0.2, 0.25) is 5.91 Å². The monoisotopic (exact) mass is 428 g/mol. The number of pyridine rings is 1. The molecule has 0 saturated heterocycles. The first-order chi connectivity index (χ1) is 15.4. The highest BCUT2D eigenvalue weighted by Gasteiger charge is 2.16. The zero-order chi connectivity index (χ0) is 22.8. The molecular formula is C26H21FN2O3. The molecule has 32 heavy (non-hydrogen) atoms. The number of aromatic nitrogens is 1. The van der Waals surface area contributed by atoms with Gasteiger partial charge in [0.25, 0.3) is 5.56 Å². The Labute approximate surface area is 184 Å². The number of fused-ring (bicyclic) bond motifs is 1. The lowest BCUT2D eigenvalue weighted by Gasteiger charge is -2.16. The van der Waals surface area contributed by atoms with Crippen LogP contribution in [0.1, 0.15) is 5.56 Å². The van der Waals surface area contributed by atoms with E-state index in [0.717, 1.165) is 10.9 Å². The van der Waals surface area contributed by atoms with Gasteiger partial charge >= 0.3 is 0 Å². The topological polar surface area (TPSA) is 60.3 Å². The lowest BCUT2D eigenvalue weighted by Crippen LogP contribution is -2.16. The molecule has 4 aromatic rings. The fourth-order valence-corrected chi connectivity index (χ4v) is 3.54.